The van der Waals surface area contributed by atoms with E-state index < -0.39 is 0 Å². The number of hydrogen-bond acceptors (Lipinski definition) is 4. The van der Waals surface area contributed by atoms with Gasteiger partial charge in [-0.3, -0.25) is 0 Å². The molecule has 0 aliphatic rings. The van der Waals surface area contributed by atoms with Crippen LogP contribution < -0.4 is 9.54 Å². The average Bonchev–Trinajstić information content (AvgIpc) is 2.98. The number of amidine groups is 1. The first kappa shape index (κ1) is 22.2. The van der Waals surface area contributed by atoms with E-state index in [9.17, 15) is 5.26 Å². The van der Waals surface area contributed by atoms with Gasteiger partial charge in [-0.15, -0.1) is 11.3 Å². The minimum Gasteiger partial charge on any atom is -0.493 e. The zero-order valence-electron chi connectivity index (χ0n) is 17.3. The molecule has 0 amide bonds. The molecule has 0 aliphatic carbocycles. The maximum atomic E-state index is 9.24. The van der Waals surface area contributed by atoms with Gasteiger partial charge in [0.05, 0.1) is 12.2 Å². The van der Waals surface area contributed by atoms with Crippen molar-refractivity contribution in [3.63, 3.8) is 0 Å². The molecule has 0 fully saturated rings. The number of thiazole rings is 1. The minimum atomic E-state index is 0.0102. The molecule has 0 spiro atoms. The predicted octanol–water partition coefficient (Wildman–Crippen LogP) is 5.38. The highest BCUT2D eigenvalue weighted by molar-refractivity contribution is 7.09. The maximum absolute atomic E-state index is 9.24. The molecular formula is C21H27ClN4OS. The molecule has 2 aromatic rings. The molecular weight excluding hydrogens is 392 g/mol. The third-order valence-corrected chi connectivity index (χ3v) is 5.54. The largest absolute Gasteiger partial charge is 0.493 e. The molecule has 0 saturated carbocycles. The molecule has 150 valence electrons. The Morgan fingerprint density at radius 3 is 2.64 bits per heavy atom. The summed E-state index contributed by atoms with van der Waals surface area (Å²) in [7, 11) is 0. The van der Waals surface area contributed by atoms with E-state index in [0.717, 1.165) is 11.3 Å². The minimum absolute atomic E-state index is 0.0102. The van der Waals surface area contributed by atoms with E-state index in [1.165, 1.54) is 4.88 Å². The highest BCUT2D eigenvalue weighted by Gasteiger charge is 2.19. The third kappa shape index (κ3) is 5.70. The molecule has 0 radical (unpaired) electrons. The van der Waals surface area contributed by atoms with Gasteiger partial charge < -0.3 is 9.30 Å². The van der Waals surface area contributed by atoms with Crippen LogP contribution in [0.4, 0.5) is 0 Å². The number of ether oxygens (including phenoxy) is 1. The summed E-state index contributed by atoms with van der Waals surface area (Å²) in [5.74, 6) is 1.36. The van der Waals surface area contributed by atoms with Gasteiger partial charge in [-0.05, 0) is 36.5 Å². The van der Waals surface area contributed by atoms with Crippen LogP contribution in [0.2, 0.25) is 5.02 Å². The number of aromatic nitrogens is 1. The fourth-order valence-electron chi connectivity index (χ4n) is 2.58. The predicted molar refractivity (Wildman–Crippen MR) is 116 cm³/mol. The zero-order valence-corrected chi connectivity index (χ0v) is 18.9. The molecule has 2 rings (SSSR count). The summed E-state index contributed by atoms with van der Waals surface area (Å²) in [6, 6.07) is 5.26. The molecule has 0 N–H and O–H groups in total. The van der Waals surface area contributed by atoms with Gasteiger partial charge in [0, 0.05) is 22.6 Å². The van der Waals surface area contributed by atoms with Crippen LogP contribution in [0.25, 0.3) is 0 Å². The molecule has 0 saturated heterocycles. The van der Waals surface area contributed by atoms with E-state index >= 15 is 0 Å². The van der Waals surface area contributed by atoms with E-state index in [0.29, 0.717) is 34.7 Å². The third-order valence-electron chi connectivity index (χ3n) is 3.86. The van der Waals surface area contributed by atoms with Gasteiger partial charge in [0.15, 0.2) is 10.6 Å². The second-order valence-electron chi connectivity index (χ2n) is 7.89. The first-order chi connectivity index (χ1) is 13.2. The van der Waals surface area contributed by atoms with E-state index in [-0.39, 0.29) is 5.41 Å². The Bertz CT molecular complexity index is 958. The summed E-state index contributed by atoms with van der Waals surface area (Å²) in [5.41, 5.74) is 0.619. The lowest BCUT2D eigenvalue weighted by Gasteiger charge is -2.14. The van der Waals surface area contributed by atoms with Crippen molar-refractivity contribution in [2.24, 2.45) is 15.9 Å². The van der Waals surface area contributed by atoms with Gasteiger partial charge in [-0.25, -0.2) is 0 Å². The van der Waals surface area contributed by atoms with Gasteiger partial charge >= 0.3 is 0 Å². The zero-order chi connectivity index (χ0) is 20.9. The van der Waals surface area contributed by atoms with Crippen LogP contribution in [0.15, 0.2) is 34.4 Å². The molecule has 7 heteroatoms. The fourth-order valence-corrected chi connectivity index (χ4v) is 3.81. The topological polar surface area (TPSA) is 62.7 Å². The lowest BCUT2D eigenvalue weighted by Crippen LogP contribution is -2.19. The number of aliphatic imine (C=N–C) groups is 1. The SMILES string of the molecule is CCOc1ccc(Cl)cc1C(=NC#N)N=c1sc(C(C)(C)C)cn1CC(C)C. The molecule has 1 heterocycles. The van der Waals surface area contributed by atoms with Crippen molar-refractivity contribution in [3.8, 4) is 11.9 Å². The summed E-state index contributed by atoms with van der Waals surface area (Å²) >= 11 is 7.80. The van der Waals surface area contributed by atoms with E-state index in [4.69, 9.17) is 21.3 Å². The number of halogens is 1. The quantitative estimate of drug-likeness (QED) is 0.371. The number of nitrogens with zero attached hydrogens (tertiary/aromatic N) is 4. The highest BCUT2D eigenvalue weighted by atomic mass is 35.5. The summed E-state index contributed by atoms with van der Waals surface area (Å²) in [6.45, 7) is 14.1. The Balaban J connectivity index is 2.69. The van der Waals surface area contributed by atoms with Gasteiger partial charge in [0.1, 0.15) is 5.75 Å². The molecule has 5 nitrogen and oxygen atoms in total. The van der Waals surface area contributed by atoms with Crippen LogP contribution in [0.1, 0.15) is 52.0 Å². The van der Waals surface area contributed by atoms with Crippen molar-refractivity contribution in [2.45, 2.75) is 53.5 Å². The van der Waals surface area contributed by atoms with E-state index in [1.807, 2.05) is 13.1 Å². The summed E-state index contributed by atoms with van der Waals surface area (Å²) < 4.78 is 7.83. The Labute approximate surface area is 176 Å². The Morgan fingerprint density at radius 2 is 2.07 bits per heavy atom. The lowest BCUT2D eigenvalue weighted by atomic mass is 9.95. The maximum Gasteiger partial charge on any atom is 0.207 e. The van der Waals surface area contributed by atoms with Crippen molar-refractivity contribution >= 4 is 28.8 Å². The van der Waals surface area contributed by atoms with E-state index in [1.54, 1.807) is 29.5 Å². The van der Waals surface area contributed by atoms with Gasteiger partial charge in [0.25, 0.3) is 0 Å². The van der Waals surface area contributed by atoms with Crippen LogP contribution >= 0.6 is 22.9 Å². The first-order valence-electron chi connectivity index (χ1n) is 9.30. The summed E-state index contributed by atoms with van der Waals surface area (Å²) in [6.07, 6.45) is 4.01. The average molecular weight is 419 g/mol. The fraction of sp³-hybridized carbons (Fsp3) is 0.476. The van der Waals surface area contributed by atoms with Crippen LogP contribution in [0.3, 0.4) is 0 Å². The Hall–Kier alpha value is -2.10. The second kappa shape index (κ2) is 9.40. The highest BCUT2D eigenvalue weighted by Crippen LogP contribution is 2.26. The normalized spacial score (nSPS) is 13.1. The molecule has 28 heavy (non-hydrogen) atoms. The summed E-state index contributed by atoms with van der Waals surface area (Å²) in [4.78, 5) is 10.8. The molecule has 0 bridgehead atoms. The van der Waals surface area contributed by atoms with Crippen molar-refractivity contribution < 1.29 is 4.74 Å². The lowest BCUT2D eigenvalue weighted by molar-refractivity contribution is 0.339. The molecule has 1 aromatic carbocycles. The van der Waals surface area contributed by atoms with Crippen LogP contribution in [0, 0.1) is 17.4 Å². The van der Waals surface area contributed by atoms with Crippen molar-refractivity contribution in [2.75, 3.05) is 6.61 Å². The van der Waals surface area contributed by atoms with Crippen LogP contribution in [0.5, 0.6) is 5.75 Å². The van der Waals surface area contributed by atoms with Gasteiger partial charge in [-0.1, -0.05) is 46.2 Å². The van der Waals surface area contributed by atoms with Crippen LogP contribution in [-0.4, -0.2) is 17.0 Å². The number of hydrogen-bond donors (Lipinski definition) is 0. The monoisotopic (exact) mass is 418 g/mol. The number of rotatable bonds is 5. The Morgan fingerprint density at radius 1 is 1.36 bits per heavy atom. The molecule has 0 unspecified atom stereocenters. The molecule has 1 aromatic heterocycles. The van der Waals surface area contributed by atoms with Gasteiger partial charge in [-0.2, -0.15) is 15.2 Å². The van der Waals surface area contributed by atoms with Gasteiger partial charge in [0.2, 0.25) is 6.19 Å². The van der Waals surface area contributed by atoms with Crippen molar-refractivity contribution in [1.82, 2.24) is 4.57 Å². The van der Waals surface area contributed by atoms with Crippen LogP contribution in [-0.2, 0) is 12.0 Å². The number of nitriles is 1. The smallest absolute Gasteiger partial charge is 0.207 e. The van der Waals surface area contributed by atoms with E-state index in [2.05, 4.69) is 50.4 Å². The Kier molecular flexibility index (Phi) is 7.45. The first-order valence-corrected chi connectivity index (χ1v) is 10.5. The van der Waals surface area contributed by atoms with Crippen molar-refractivity contribution in [1.29, 1.82) is 5.26 Å². The molecule has 0 aliphatic heterocycles. The second-order valence-corrected chi connectivity index (χ2v) is 9.34. The molecule has 0 atom stereocenters. The number of benzene rings is 1. The van der Waals surface area contributed by atoms with Crippen molar-refractivity contribution in [3.05, 3.63) is 44.7 Å². The summed E-state index contributed by atoms with van der Waals surface area (Å²) in [5, 5.41) is 9.78. The standard InChI is InChI=1S/C21H27ClN4OS/c1-7-27-17-9-8-15(22)10-16(17)19(24-13-23)25-20-26(11-14(2)3)12-18(28-20)21(4,5)6/h8-10,12,14H,7,11H2,1-6H3.